The molecular formula is C26H23Cl2N7O3. The molecule has 0 spiro atoms. The lowest BCUT2D eigenvalue weighted by molar-refractivity contribution is -0.122. The van der Waals surface area contributed by atoms with Crippen molar-refractivity contribution in [1.29, 1.82) is 0 Å². The molecule has 0 bridgehead atoms. The Morgan fingerprint density at radius 3 is 2.00 bits per heavy atom. The van der Waals surface area contributed by atoms with Crippen LogP contribution in [0.15, 0.2) is 85.2 Å². The largest absolute Gasteiger partial charge is 0.482 e. The zero-order valence-electron chi connectivity index (χ0n) is 19.8. The molecule has 10 nitrogen and oxygen atoms in total. The van der Waals surface area contributed by atoms with Crippen LogP contribution in [0.2, 0.25) is 10.0 Å². The van der Waals surface area contributed by atoms with E-state index in [2.05, 4.69) is 31.7 Å². The molecule has 38 heavy (non-hydrogen) atoms. The van der Waals surface area contributed by atoms with Crippen molar-refractivity contribution in [2.45, 2.75) is 5.92 Å². The highest BCUT2D eigenvalue weighted by atomic mass is 35.5. The lowest BCUT2D eigenvalue weighted by Gasteiger charge is -2.19. The van der Waals surface area contributed by atoms with Crippen molar-refractivity contribution in [3.8, 4) is 5.75 Å². The van der Waals surface area contributed by atoms with Gasteiger partial charge in [-0.2, -0.15) is 0 Å². The van der Waals surface area contributed by atoms with Gasteiger partial charge >= 0.3 is 0 Å². The molecule has 0 aliphatic carbocycles. The summed E-state index contributed by atoms with van der Waals surface area (Å²) in [4.78, 5) is 33.5. The van der Waals surface area contributed by atoms with E-state index < -0.39 is 11.8 Å². The number of hydrazine groups is 2. The van der Waals surface area contributed by atoms with Crippen LogP contribution in [-0.4, -0.2) is 28.4 Å². The molecule has 1 aromatic heterocycles. The van der Waals surface area contributed by atoms with E-state index in [9.17, 15) is 9.59 Å². The van der Waals surface area contributed by atoms with Crippen molar-refractivity contribution in [3.05, 3.63) is 106 Å². The molecule has 4 aromatic rings. The number of amides is 2. The van der Waals surface area contributed by atoms with Crippen LogP contribution in [0.25, 0.3) is 0 Å². The summed E-state index contributed by atoms with van der Waals surface area (Å²) in [6, 6.07) is 23.4. The van der Waals surface area contributed by atoms with Crippen molar-refractivity contribution >= 4 is 52.3 Å². The van der Waals surface area contributed by atoms with Crippen molar-refractivity contribution in [3.63, 3.8) is 0 Å². The fourth-order valence-corrected chi connectivity index (χ4v) is 3.94. The fourth-order valence-electron chi connectivity index (χ4n) is 3.47. The molecule has 0 radical (unpaired) electrons. The first-order chi connectivity index (χ1) is 18.4. The standard InChI is InChI=1S/C26H23Cl2N7O3/c27-18-11-12-20(19(28)13-18)38-14-21(36)32-33-24-23(29)25(31-15-30-24)34-35-26(37)22(16-7-3-1-4-8-16)17-9-5-2-6-10-17/h1-13,15,22H,14,29H2,(H,32,36)(H,35,37)(H2,30,31,33,34). The average molecular weight is 552 g/mol. The third-order valence-electron chi connectivity index (χ3n) is 5.29. The molecule has 2 amide bonds. The minimum absolute atomic E-state index is 0.0609. The molecule has 0 saturated heterocycles. The first-order valence-electron chi connectivity index (χ1n) is 11.3. The molecule has 0 aliphatic rings. The molecule has 0 unspecified atom stereocenters. The highest BCUT2D eigenvalue weighted by Crippen LogP contribution is 2.28. The summed E-state index contributed by atoms with van der Waals surface area (Å²) in [7, 11) is 0. The number of hydrogen-bond acceptors (Lipinski definition) is 8. The van der Waals surface area contributed by atoms with Crippen LogP contribution < -0.4 is 32.2 Å². The van der Waals surface area contributed by atoms with Gasteiger partial charge in [-0.15, -0.1) is 0 Å². The van der Waals surface area contributed by atoms with Gasteiger partial charge in [-0.05, 0) is 29.3 Å². The number of carbonyl (C=O) groups is 2. The Bertz CT molecular complexity index is 1370. The fraction of sp³-hybridized carbons (Fsp3) is 0.0769. The van der Waals surface area contributed by atoms with E-state index in [0.717, 1.165) is 11.1 Å². The predicted octanol–water partition coefficient (Wildman–Crippen LogP) is 4.16. The minimum atomic E-state index is -0.570. The number of benzene rings is 3. The molecule has 194 valence electrons. The maximum absolute atomic E-state index is 13.2. The van der Waals surface area contributed by atoms with E-state index in [4.69, 9.17) is 33.7 Å². The first-order valence-corrected chi connectivity index (χ1v) is 12.1. The highest BCUT2D eigenvalue weighted by molar-refractivity contribution is 6.35. The van der Waals surface area contributed by atoms with Crippen LogP contribution in [0.1, 0.15) is 17.0 Å². The smallest absolute Gasteiger partial charge is 0.276 e. The van der Waals surface area contributed by atoms with Crippen molar-refractivity contribution in [2.24, 2.45) is 0 Å². The van der Waals surface area contributed by atoms with Crippen molar-refractivity contribution < 1.29 is 14.3 Å². The number of nitrogens with one attached hydrogen (secondary N) is 4. The molecule has 0 atom stereocenters. The van der Waals surface area contributed by atoms with E-state index in [1.807, 2.05) is 60.7 Å². The predicted molar refractivity (Wildman–Crippen MR) is 147 cm³/mol. The number of nitrogen functional groups attached to an aromatic ring is 1. The van der Waals surface area contributed by atoms with Crippen LogP contribution in [0, 0.1) is 0 Å². The lowest BCUT2D eigenvalue weighted by Crippen LogP contribution is -2.36. The van der Waals surface area contributed by atoms with E-state index in [1.165, 1.54) is 12.4 Å². The molecule has 0 aliphatic heterocycles. The topological polar surface area (TPSA) is 143 Å². The monoisotopic (exact) mass is 551 g/mol. The number of nitrogens with two attached hydrogens (primary N) is 1. The second-order valence-corrected chi connectivity index (χ2v) is 8.73. The number of ether oxygens (including phenoxy) is 1. The van der Waals surface area contributed by atoms with Crippen LogP contribution in [0.3, 0.4) is 0 Å². The van der Waals surface area contributed by atoms with Gasteiger partial charge in [0.05, 0.1) is 10.9 Å². The number of carbonyl (C=O) groups excluding carboxylic acids is 2. The molecule has 12 heteroatoms. The maximum Gasteiger partial charge on any atom is 0.276 e. The molecule has 0 saturated carbocycles. The van der Waals surface area contributed by atoms with Gasteiger partial charge in [0, 0.05) is 5.02 Å². The Balaban J connectivity index is 1.36. The summed E-state index contributed by atoms with van der Waals surface area (Å²) in [6.45, 7) is -0.332. The van der Waals surface area contributed by atoms with E-state index in [1.54, 1.807) is 12.1 Å². The van der Waals surface area contributed by atoms with Gasteiger partial charge in [0.2, 0.25) is 5.91 Å². The van der Waals surface area contributed by atoms with Gasteiger partial charge in [-0.3, -0.25) is 31.3 Å². The van der Waals surface area contributed by atoms with Crippen molar-refractivity contribution in [1.82, 2.24) is 20.8 Å². The zero-order chi connectivity index (χ0) is 26.9. The number of nitrogens with zero attached hydrogens (tertiary/aromatic N) is 2. The quantitative estimate of drug-likeness (QED) is 0.185. The van der Waals surface area contributed by atoms with Crippen LogP contribution >= 0.6 is 23.2 Å². The molecule has 3 aromatic carbocycles. The van der Waals surface area contributed by atoms with Gasteiger partial charge in [-0.1, -0.05) is 83.9 Å². The number of rotatable bonds is 10. The molecule has 0 fully saturated rings. The molecule has 1 heterocycles. The van der Waals surface area contributed by atoms with Crippen LogP contribution in [0.5, 0.6) is 5.75 Å². The number of anilines is 3. The van der Waals surface area contributed by atoms with Gasteiger partial charge in [0.1, 0.15) is 17.8 Å². The number of aromatic nitrogens is 2. The average Bonchev–Trinajstić information content (AvgIpc) is 2.92. The molecular weight excluding hydrogens is 529 g/mol. The van der Waals surface area contributed by atoms with E-state index >= 15 is 0 Å². The summed E-state index contributed by atoms with van der Waals surface area (Å²) in [6.07, 6.45) is 1.22. The summed E-state index contributed by atoms with van der Waals surface area (Å²) in [5, 5.41) is 0.724. The summed E-state index contributed by atoms with van der Waals surface area (Å²) in [5.41, 5.74) is 18.3. The third kappa shape index (κ3) is 6.81. The van der Waals surface area contributed by atoms with Crippen LogP contribution in [0.4, 0.5) is 17.3 Å². The Kier molecular flexibility index (Phi) is 8.81. The zero-order valence-corrected chi connectivity index (χ0v) is 21.3. The summed E-state index contributed by atoms with van der Waals surface area (Å²) >= 11 is 11.9. The number of halogens is 2. The molecule has 4 rings (SSSR count). The lowest BCUT2D eigenvalue weighted by atomic mass is 9.91. The van der Waals surface area contributed by atoms with Crippen molar-refractivity contribution in [2.75, 3.05) is 23.2 Å². The maximum atomic E-state index is 13.2. The SMILES string of the molecule is Nc1c(NNC(=O)COc2ccc(Cl)cc2Cl)ncnc1NNC(=O)C(c1ccccc1)c1ccccc1. The highest BCUT2D eigenvalue weighted by Gasteiger charge is 2.23. The second kappa shape index (κ2) is 12.6. The van der Waals surface area contributed by atoms with Gasteiger partial charge in [0.15, 0.2) is 18.2 Å². The van der Waals surface area contributed by atoms with Gasteiger partial charge in [0.25, 0.3) is 5.91 Å². The van der Waals surface area contributed by atoms with E-state index in [-0.39, 0.29) is 34.9 Å². The Morgan fingerprint density at radius 1 is 0.842 bits per heavy atom. The Hall–Kier alpha value is -4.54. The Morgan fingerprint density at radius 2 is 1.42 bits per heavy atom. The normalized spacial score (nSPS) is 10.5. The van der Waals surface area contributed by atoms with Gasteiger partial charge in [-0.25, -0.2) is 9.97 Å². The molecule has 6 N–H and O–H groups in total. The second-order valence-electron chi connectivity index (χ2n) is 7.89. The van der Waals surface area contributed by atoms with Gasteiger partial charge < -0.3 is 10.5 Å². The van der Waals surface area contributed by atoms with E-state index in [0.29, 0.717) is 10.8 Å². The summed E-state index contributed by atoms with van der Waals surface area (Å²) in [5.74, 6) is -0.864. The van der Waals surface area contributed by atoms with Crippen LogP contribution in [-0.2, 0) is 9.59 Å². The Labute approximate surface area is 228 Å². The summed E-state index contributed by atoms with van der Waals surface area (Å²) < 4.78 is 5.39. The third-order valence-corrected chi connectivity index (χ3v) is 5.82. The first kappa shape index (κ1) is 26.5. The number of hydrogen-bond donors (Lipinski definition) is 5. The minimum Gasteiger partial charge on any atom is -0.482 e.